The SMILES string of the molecule is COc1ncc(-c2ccc(Cl)cc2-c2csc(N(C(=O)C(CC(=O)O)CC3CCCC3)C3CC3)n2)cc1Cl. The Hall–Kier alpha value is -2.68. The minimum atomic E-state index is -0.938. The van der Waals surface area contributed by atoms with Crippen LogP contribution < -0.4 is 9.64 Å². The van der Waals surface area contributed by atoms with Crippen LogP contribution in [0.2, 0.25) is 10.0 Å². The van der Waals surface area contributed by atoms with Crippen LogP contribution in [-0.4, -0.2) is 40.1 Å². The number of amides is 1. The molecule has 0 spiro atoms. The summed E-state index contributed by atoms with van der Waals surface area (Å²) < 4.78 is 5.19. The predicted octanol–water partition coefficient (Wildman–Crippen LogP) is 7.35. The van der Waals surface area contributed by atoms with E-state index in [1.807, 2.05) is 17.5 Å². The van der Waals surface area contributed by atoms with E-state index in [0.29, 0.717) is 39.1 Å². The Kier molecular flexibility index (Phi) is 8.21. The fraction of sp³-hybridized carbons (Fsp3) is 0.429. The van der Waals surface area contributed by atoms with Crippen LogP contribution in [0.15, 0.2) is 35.8 Å². The monoisotopic (exact) mass is 573 g/mol. The first-order valence-corrected chi connectivity index (χ1v) is 14.5. The van der Waals surface area contributed by atoms with Gasteiger partial charge in [0.2, 0.25) is 11.8 Å². The molecule has 7 nitrogen and oxygen atoms in total. The number of pyridine rings is 1. The Balaban J connectivity index is 1.47. The summed E-state index contributed by atoms with van der Waals surface area (Å²) in [5.41, 5.74) is 3.10. The maximum absolute atomic E-state index is 13.8. The predicted molar refractivity (Wildman–Crippen MR) is 150 cm³/mol. The smallest absolute Gasteiger partial charge is 0.304 e. The van der Waals surface area contributed by atoms with Crippen LogP contribution in [0.25, 0.3) is 22.4 Å². The van der Waals surface area contributed by atoms with Crippen LogP contribution in [0.4, 0.5) is 5.13 Å². The first kappa shape index (κ1) is 26.9. The number of rotatable bonds is 10. The van der Waals surface area contributed by atoms with E-state index in [0.717, 1.165) is 55.2 Å². The lowest BCUT2D eigenvalue weighted by molar-refractivity contribution is -0.141. The zero-order chi connectivity index (χ0) is 26.8. The van der Waals surface area contributed by atoms with Crippen molar-refractivity contribution < 1.29 is 19.4 Å². The molecule has 10 heteroatoms. The number of hydrogen-bond donors (Lipinski definition) is 1. The molecule has 1 atom stereocenters. The fourth-order valence-electron chi connectivity index (χ4n) is 5.29. The molecule has 0 bridgehead atoms. The number of carbonyl (C=O) groups excluding carboxylic acids is 1. The quantitative estimate of drug-likeness (QED) is 0.272. The highest BCUT2D eigenvalue weighted by Gasteiger charge is 2.40. The second-order valence-electron chi connectivity index (χ2n) is 10.0. The molecule has 38 heavy (non-hydrogen) atoms. The first-order chi connectivity index (χ1) is 18.3. The van der Waals surface area contributed by atoms with Gasteiger partial charge in [-0.05, 0) is 48.9 Å². The molecule has 2 fully saturated rings. The van der Waals surface area contributed by atoms with Gasteiger partial charge in [0.15, 0.2) is 5.13 Å². The number of anilines is 1. The number of thiazole rings is 1. The molecular weight excluding hydrogens is 545 g/mol. The van der Waals surface area contributed by atoms with Gasteiger partial charge in [-0.25, -0.2) is 9.97 Å². The second-order valence-corrected chi connectivity index (χ2v) is 11.7. The molecule has 2 aromatic heterocycles. The molecule has 0 radical (unpaired) electrons. The van der Waals surface area contributed by atoms with Crippen LogP contribution in [0.3, 0.4) is 0 Å². The number of carboxylic acid groups (broad SMARTS) is 1. The molecular formula is C28H29Cl2N3O4S. The van der Waals surface area contributed by atoms with Crippen molar-refractivity contribution >= 4 is 51.5 Å². The van der Waals surface area contributed by atoms with Crippen molar-refractivity contribution in [2.24, 2.45) is 11.8 Å². The zero-order valence-electron chi connectivity index (χ0n) is 21.0. The summed E-state index contributed by atoms with van der Waals surface area (Å²) in [5, 5.41) is 13.0. The van der Waals surface area contributed by atoms with Gasteiger partial charge in [0.05, 0.1) is 19.2 Å². The molecule has 1 N–H and O–H groups in total. The van der Waals surface area contributed by atoms with Crippen molar-refractivity contribution in [3.8, 4) is 28.3 Å². The van der Waals surface area contributed by atoms with Crippen molar-refractivity contribution in [2.45, 2.75) is 57.4 Å². The standard InChI is InChI=1S/C28H29Cl2N3O4S/c1-37-26-23(30)11-18(14-31-26)21-9-6-19(29)13-22(21)24-15-38-28(32-24)33(20-7-8-20)27(36)17(12-25(34)35)10-16-4-2-3-5-16/h6,9,11,13-17,20H,2-5,7-8,10,12H2,1H3,(H,34,35). The van der Waals surface area contributed by atoms with Crippen molar-refractivity contribution in [1.82, 2.24) is 9.97 Å². The van der Waals surface area contributed by atoms with Crippen LogP contribution in [0, 0.1) is 11.8 Å². The second kappa shape index (κ2) is 11.6. The number of hydrogen-bond acceptors (Lipinski definition) is 6. The van der Waals surface area contributed by atoms with Crippen molar-refractivity contribution in [3.05, 3.63) is 45.9 Å². The number of ether oxygens (including phenoxy) is 1. The summed E-state index contributed by atoms with van der Waals surface area (Å²) in [6.07, 6.45) is 8.37. The van der Waals surface area contributed by atoms with Crippen molar-refractivity contribution in [1.29, 1.82) is 0 Å². The van der Waals surface area contributed by atoms with Gasteiger partial charge in [-0.1, -0.05) is 55.0 Å². The molecule has 2 heterocycles. The number of methoxy groups -OCH3 is 1. The van der Waals surface area contributed by atoms with E-state index in [1.54, 1.807) is 23.2 Å². The number of aliphatic carboxylic acids is 1. The van der Waals surface area contributed by atoms with Crippen molar-refractivity contribution in [2.75, 3.05) is 12.0 Å². The summed E-state index contributed by atoms with van der Waals surface area (Å²) in [5.74, 6) is -0.852. The van der Waals surface area contributed by atoms with Crippen LogP contribution in [-0.2, 0) is 9.59 Å². The number of carboxylic acids is 1. The molecule has 1 amide bonds. The Morgan fingerprint density at radius 3 is 2.58 bits per heavy atom. The maximum Gasteiger partial charge on any atom is 0.304 e. The van der Waals surface area contributed by atoms with Gasteiger partial charge in [-0.15, -0.1) is 11.3 Å². The van der Waals surface area contributed by atoms with E-state index < -0.39 is 11.9 Å². The molecule has 5 rings (SSSR count). The Morgan fingerprint density at radius 2 is 1.92 bits per heavy atom. The Morgan fingerprint density at radius 1 is 1.16 bits per heavy atom. The van der Waals surface area contributed by atoms with Gasteiger partial charge in [0, 0.05) is 39.7 Å². The van der Waals surface area contributed by atoms with E-state index in [9.17, 15) is 14.7 Å². The normalized spacial score (nSPS) is 16.4. The van der Waals surface area contributed by atoms with Gasteiger partial charge in [0.25, 0.3) is 0 Å². The van der Waals surface area contributed by atoms with E-state index in [2.05, 4.69) is 4.98 Å². The summed E-state index contributed by atoms with van der Waals surface area (Å²) in [6, 6.07) is 7.37. The van der Waals surface area contributed by atoms with Crippen LogP contribution >= 0.6 is 34.5 Å². The number of carbonyl (C=O) groups is 2. The highest BCUT2D eigenvalue weighted by atomic mass is 35.5. The summed E-state index contributed by atoms with van der Waals surface area (Å²) >= 11 is 14.1. The van der Waals surface area contributed by atoms with Gasteiger partial charge < -0.3 is 9.84 Å². The summed E-state index contributed by atoms with van der Waals surface area (Å²) in [7, 11) is 1.51. The molecule has 1 aromatic carbocycles. The first-order valence-electron chi connectivity index (χ1n) is 12.8. The van der Waals surface area contributed by atoms with Gasteiger partial charge in [-0.2, -0.15) is 0 Å². The molecule has 200 valence electrons. The Labute approximate surface area is 235 Å². The van der Waals surface area contributed by atoms with E-state index in [-0.39, 0.29) is 18.4 Å². The third kappa shape index (κ3) is 5.98. The summed E-state index contributed by atoms with van der Waals surface area (Å²) in [6.45, 7) is 0. The zero-order valence-corrected chi connectivity index (χ0v) is 23.4. The number of benzene rings is 1. The number of halogens is 2. The van der Waals surface area contributed by atoms with Crippen LogP contribution in [0.1, 0.15) is 51.4 Å². The lowest BCUT2D eigenvalue weighted by Gasteiger charge is -2.26. The lowest BCUT2D eigenvalue weighted by Crippen LogP contribution is -2.39. The molecule has 2 aliphatic rings. The Bertz CT molecular complexity index is 1340. The highest BCUT2D eigenvalue weighted by molar-refractivity contribution is 7.14. The minimum absolute atomic E-state index is 0.0600. The van der Waals surface area contributed by atoms with E-state index in [1.165, 1.54) is 18.4 Å². The molecule has 1 unspecified atom stereocenters. The van der Waals surface area contributed by atoms with Gasteiger partial charge >= 0.3 is 5.97 Å². The van der Waals surface area contributed by atoms with Gasteiger partial charge in [-0.3, -0.25) is 14.5 Å². The molecule has 3 aromatic rings. The van der Waals surface area contributed by atoms with Gasteiger partial charge in [0.1, 0.15) is 5.02 Å². The molecule has 0 saturated heterocycles. The average molecular weight is 575 g/mol. The van der Waals surface area contributed by atoms with Crippen molar-refractivity contribution in [3.63, 3.8) is 0 Å². The largest absolute Gasteiger partial charge is 0.481 e. The maximum atomic E-state index is 13.8. The topological polar surface area (TPSA) is 92.6 Å². The highest BCUT2D eigenvalue weighted by Crippen LogP contribution is 2.41. The third-order valence-corrected chi connectivity index (χ3v) is 8.63. The summed E-state index contributed by atoms with van der Waals surface area (Å²) in [4.78, 5) is 36.4. The number of aromatic nitrogens is 2. The van der Waals surface area contributed by atoms with E-state index in [4.69, 9.17) is 32.9 Å². The molecule has 2 saturated carbocycles. The third-order valence-electron chi connectivity index (χ3n) is 7.28. The fourth-order valence-corrected chi connectivity index (χ4v) is 6.61. The average Bonchev–Trinajstić information content (AvgIpc) is 3.36. The minimum Gasteiger partial charge on any atom is -0.481 e. The molecule has 0 aliphatic heterocycles. The number of nitrogens with zero attached hydrogens (tertiary/aromatic N) is 3. The lowest BCUT2D eigenvalue weighted by atomic mass is 9.90. The molecule has 2 aliphatic carbocycles. The van der Waals surface area contributed by atoms with E-state index >= 15 is 0 Å². The van der Waals surface area contributed by atoms with Crippen LogP contribution in [0.5, 0.6) is 5.88 Å².